The van der Waals surface area contributed by atoms with Gasteiger partial charge in [-0.15, -0.1) is 0 Å². The summed E-state index contributed by atoms with van der Waals surface area (Å²) in [6.07, 6.45) is 2.92. The number of aliphatic hydroxyl groups excluding tert-OH is 1. The molecular weight excluding hydrogens is 272 g/mol. The quantitative estimate of drug-likeness (QED) is 0.771. The topological polar surface area (TPSA) is 20.2 Å². The number of alkyl halides is 2. The van der Waals surface area contributed by atoms with Crippen LogP contribution in [0.5, 0.6) is 0 Å². The Morgan fingerprint density at radius 3 is 2.27 bits per heavy atom. The van der Waals surface area contributed by atoms with Crippen LogP contribution in [0.4, 0.5) is 0 Å². The Kier molecular flexibility index (Phi) is 6.98. The summed E-state index contributed by atoms with van der Waals surface area (Å²) in [4.78, 5) is 0.503. The van der Waals surface area contributed by atoms with Crippen LogP contribution in [-0.2, 0) is 0 Å². The minimum absolute atomic E-state index is 0.175. The number of halogens is 2. The molecule has 0 aromatic rings. The second kappa shape index (κ2) is 6.44. The van der Waals surface area contributed by atoms with Gasteiger partial charge in [0.1, 0.15) is 0 Å². The number of aliphatic hydroxyl groups is 1. The second-order valence-corrected chi connectivity index (χ2v) is 5.33. The molecule has 68 valence electrons. The fourth-order valence-electron chi connectivity index (χ4n) is 0.879. The van der Waals surface area contributed by atoms with Gasteiger partial charge in [-0.05, 0) is 6.42 Å². The summed E-state index contributed by atoms with van der Waals surface area (Å²) in [5.74, 6) is 0. The SMILES string of the molecule is CCCCC(O)C(Br)C(C)Br. The number of unbranched alkanes of at least 4 members (excludes halogenated alkanes) is 1. The maximum atomic E-state index is 9.54. The molecule has 1 nitrogen and oxygen atoms in total. The molecule has 0 saturated heterocycles. The summed E-state index contributed by atoms with van der Waals surface area (Å²) in [5.41, 5.74) is 0. The summed E-state index contributed by atoms with van der Waals surface area (Å²) < 4.78 is 0. The normalized spacial score (nSPS) is 19.4. The Hall–Kier alpha value is 0.920. The van der Waals surface area contributed by atoms with Gasteiger partial charge in [-0.25, -0.2) is 0 Å². The van der Waals surface area contributed by atoms with E-state index in [-0.39, 0.29) is 10.9 Å². The average Bonchev–Trinajstić information content (AvgIpc) is 1.98. The van der Waals surface area contributed by atoms with Crippen molar-refractivity contribution in [3.8, 4) is 0 Å². The third-order valence-corrected chi connectivity index (χ3v) is 4.34. The first-order valence-corrected chi connectivity index (χ1v) is 5.89. The maximum absolute atomic E-state index is 9.54. The molecule has 0 aliphatic carbocycles. The lowest BCUT2D eigenvalue weighted by atomic mass is 10.1. The van der Waals surface area contributed by atoms with Crippen molar-refractivity contribution in [3.63, 3.8) is 0 Å². The van der Waals surface area contributed by atoms with E-state index in [2.05, 4.69) is 38.8 Å². The minimum atomic E-state index is -0.218. The van der Waals surface area contributed by atoms with Crippen molar-refractivity contribution < 1.29 is 5.11 Å². The van der Waals surface area contributed by atoms with E-state index in [0.717, 1.165) is 19.3 Å². The van der Waals surface area contributed by atoms with E-state index < -0.39 is 0 Å². The van der Waals surface area contributed by atoms with E-state index >= 15 is 0 Å². The zero-order chi connectivity index (χ0) is 8.85. The Bertz CT molecular complexity index is 96.1. The van der Waals surface area contributed by atoms with Gasteiger partial charge in [0.05, 0.1) is 10.9 Å². The van der Waals surface area contributed by atoms with Gasteiger partial charge in [0.2, 0.25) is 0 Å². The van der Waals surface area contributed by atoms with E-state index in [0.29, 0.717) is 4.83 Å². The Morgan fingerprint density at radius 1 is 1.36 bits per heavy atom. The van der Waals surface area contributed by atoms with Crippen molar-refractivity contribution in [1.82, 2.24) is 0 Å². The standard InChI is InChI=1S/C8H16Br2O/c1-3-4-5-7(11)8(10)6(2)9/h6-8,11H,3-5H2,1-2H3. The van der Waals surface area contributed by atoms with Crippen LogP contribution < -0.4 is 0 Å². The van der Waals surface area contributed by atoms with Gasteiger partial charge in [-0.3, -0.25) is 0 Å². The summed E-state index contributed by atoms with van der Waals surface area (Å²) in [5, 5.41) is 9.54. The molecule has 0 aromatic heterocycles. The Balaban J connectivity index is 3.55. The van der Waals surface area contributed by atoms with Crippen LogP contribution in [-0.4, -0.2) is 20.9 Å². The first kappa shape index (κ1) is 11.9. The zero-order valence-corrected chi connectivity index (χ0v) is 10.2. The summed E-state index contributed by atoms with van der Waals surface area (Å²) >= 11 is 6.87. The number of hydrogen-bond acceptors (Lipinski definition) is 1. The van der Waals surface area contributed by atoms with E-state index in [1.807, 2.05) is 6.92 Å². The molecule has 0 aromatic carbocycles. The molecule has 0 radical (unpaired) electrons. The highest BCUT2D eigenvalue weighted by atomic mass is 79.9. The molecule has 3 heteroatoms. The number of rotatable bonds is 5. The van der Waals surface area contributed by atoms with Gasteiger partial charge in [-0.2, -0.15) is 0 Å². The molecule has 0 saturated carbocycles. The smallest absolute Gasteiger partial charge is 0.0675 e. The van der Waals surface area contributed by atoms with Gasteiger partial charge < -0.3 is 5.11 Å². The van der Waals surface area contributed by atoms with Crippen molar-refractivity contribution in [2.24, 2.45) is 0 Å². The molecule has 0 heterocycles. The third kappa shape index (κ3) is 5.21. The zero-order valence-electron chi connectivity index (χ0n) is 7.06. The lowest BCUT2D eigenvalue weighted by Gasteiger charge is -2.18. The van der Waals surface area contributed by atoms with E-state index in [4.69, 9.17) is 0 Å². The second-order valence-electron chi connectivity index (χ2n) is 2.83. The summed E-state index contributed by atoms with van der Waals surface area (Å²) in [6, 6.07) is 0. The van der Waals surface area contributed by atoms with Crippen LogP contribution >= 0.6 is 31.9 Å². The molecule has 0 aliphatic rings. The summed E-state index contributed by atoms with van der Waals surface area (Å²) in [7, 11) is 0. The van der Waals surface area contributed by atoms with Gasteiger partial charge >= 0.3 is 0 Å². The van der Waals surface area contributed by atoms with E-state index in [1.54, 1.807) is 0 Å². The highest BCUT2D eigenvalue weighted by Gasteiger charge is 2.19. The van der Waals surface area contributed by atoms with E-state index in [1.165, 1.54) is 0 Å². The van der Waals surface area contributed by atoms with Gasteiger partial charge in [-0.1, -0.05) is 58.5 Å². The molecule has 3 atom stereocenters. The van der Waals surface area contributed by atoms with Crippen LogP contribution in [0.1, 0.15) is 33.1 Å². The molecule has 0 rings (SSSR count). The maximum Gasteiger partial charge on any atom is 0.0675 e. The third-order valence-electron chi connectivity index (χ3n) is 1.66. The molecular formula is C8H16Br2O. The molecule has 11 heavy (non-hydrogen) atoms. The predicted octanol–water partition coefficient (Wildman–Crippen LogP) is 3.08. The Morgan fingerprint density at radius 2 is 1.91 bits per heavy atom. The van der Waals surface area contributed by atoms with Crippen LogP contribution in [0.2, 0.25) is 0 Å². The first-order chi connectivity index (χ1) is 5.09. The van der Waals surface area contributed by atoms with Crippen LogP contribution in [0, 0.1) is 0 Å². The van der Waals surface area contributed by atoms with Crippen LogP contribution in [0.15, 0.2) is 0 Å². The largest absolute Gasteiger partial charge is 0.392 e. The van der Waals surface area contributed by atoms with Crippen LogP contribution in [0.3, 0.4) is 0 Å². The van der Waals surface area contributed by atoms with Crippen molar-refractivity contribution >= 4 is 31.9 Å². The van der Waals surface area contributed by atoms with Gasteiger partial charge in [0.15, 0.2) is 0 Å². The first-order valence-electron chi connectivity index (χ1n) is 4.05. The van der Waals surface area contributed by atoms with Crippen molar-refractivity contribution in [1.29, 1.82) is 0 Å². The monoisotopic (exact) mass is 286 g/mol. The molecule has 3 unspecified atom stereocenters. The minimum Gasteiger partial charge on any atom is -0.392 e. The van der Waals surface area contributed by atoms with E-state index in [9.17, 15) is 5.11 Å². The van der Waals surface area contributed by atoms with Gasteiger partial charge in [0, 0.05) is 4.83 Å². The van der Waals surface area contributed by atoms with Crippen molar-refractivity contribution in [3.05, 3.63) is 0 Å². The lowest BCUT2D eigenvalue weighted by molar-refractivity contribution is 0.160. The molecule has 1 N–H and O–H groups in total. The molecule has 0 fully saturated rings. The van der Waals surface area contributed by atoms with Gasteiger partial charge in [0.25, 0.3) is 0 Å². The molecule has 0 amide bonds. The lowest BCUT2D eigenvalue weighted by Crippen LogP contribution is -2.26. The van der Waals surface area contributed by atoms with Crippen molar-refractivity contribution in [2.75, 3.05) is 0 Å². The molecule has 0 aliphatic heterocycles. The molecule has 0 bridgehead atoms. The fraction of sp³-hybridized carbons (Fsp3) is 1.00. The molecule has 0 spiro atoms. The Labute approximate surface area is 85.8 Å². The van der Waals surface area contributed by atoms with Crippen LogP contribution in [0.25, 0.3) is 0 Å². The predicted molar refractivity (Wildman–Crippen MR) is 56.6 cm³/mol. The fourth-order valence-corrected chi connectivity index (χ4v) is 1.50. The average molecular weight is 288 g/mol. The summed E-state index contributed by atoms with van der Waals surface area (Å²) in [6.45, 7) is 4.17. The highest BCUT2D eigenvalue weighted by molar-refractivity contribution is 9.12. The number of hydrogen-bond donors (Lipinski definition) is 1. The van der Waals surface area contributed by atoms with Crippen molar-refractivity contribution in [2.45, 2.75) is 48.9 Å². The highest BCUT2D eigenvalue weighted by Crippen LogP contribution is 2.20.